The lowest BCUT2D eigenvalue weighted by Gasteiger charge is -2.33. The van der Waals surface area contributed by atoms with Crippen molar-refractivity contribution < 1.29 is 9.47 Å². The Morgan fingerprint density at radius 2 is 2.15 bits per heavy atom. The van der Waals surface area contributed by atoms with Crippen LogP contribution in [0.3, 0.4) is 0 Å². The molecule has 2 rings (SSSR count). The first-order chi connectivity index (χ1) is 9.51. The highest BCUT2D eigenvalue weighted by molar-refractivity contribution is 6.31. The molecule has 1 saturated heterocycles. The zero-order chi connectivity index (χ0) is 14.7. The van der Waals surface area contributed by atoms with E-state index >= 15 is 0 Å². The lowest BCUT2D eigenvalue weighted by Crippen LogP contribution is -2.36. The Morgan fingerprint density at radius 3 is 2.80 bits per heavy atom. The Morgan fingerprint density at radius 1 is 1.40 bits per heavy atom. The average Bonchev–Trinajstić information content (AvgIpc) is 2.43. The molecule has 1 aliphatic heterocycles. The number of ether oxygens (including phenoxy) is 2. The largest absolute Gasteiger partial charge is 0.495 e. The minimum atomic E-state index is 0.334. The van der Waals surface area contributed by atoms with E-state index < -0.39 is 0 Å². The van der Waals surface area contributed by atoms with Crippen molar-refractivity contribution in [2.24, 2.45) is 5.92 Å². The Balaban J connectivity index is 2.11. The van der Waals surface area contributed by atoms with Crippen molar-refractivity contribution in [2.45, 2.75) is 45.8 Å². The molecule has 1 aliphatic rings. The van der Waals surface area contributed by atoms with Gasteiger partial charge in [-0.25, -0.2) is 0 Å². The molecule has 112 valence electrons. The highest BCUT2D eigenvalue weighted by atomic mass is 35.5. The lowest BCUT2D eigenvalue weighted by molar-refractivity contribution is -0.0161. The van der Waals surface area contributed by atoms with Gasteiger partial charge in [0.25, 0.3) is 0 Å². The van der Waals surface area contributed by atoms with Crippen LogP contribution in [0.5, 0.6) is 5.75 Å². The van der Waals surface area contributed by atoms with E-state index in [1.165, 1.54) is 0 Å². The number of rotatable bonds is 4. The summed E-state index contributed by atoms with van der Waals surface area (Å²) < 4.78 is 11.2. The molecular weight excluding hydrogens is 274 g/mol. The fourth-order valence-electron chi connectivity index (χ4n) is 2.59. The first kappa shape index (κ1) is 15.5. The SMILES string of the molecule is COc1cc(Cl)c(C)cc1NC1CCOC(C(C)C)C1. The van der Waals surface area contributed by atoms with Crippen LogP contribution in [0.1, 0.15) is 32.3 Å². The molecule has 1 N–H and O–H groups in total. The fourth-order valence-corrected chi connectivity index (χ4v) is 2.74. The first-order valence-corrected chi connectivity index (χ1v) is 7.61. The molecule has 1 aromatic rings. The zero-order valence-electron chi connectivity index (χ0n) is 12.7. The van der Waals surface area contributed by atoms with Crippen LogP contribution in [0.4, 0.5) is 5.69 Å². The van der Waals surface area contributed by atoms with Gasteiger partial charge in [0.15, 0.2) is 0 Å². The van der Waals surface area contributed by atoms with Crippen molar-refractivity contribution in [1.82, 2.24) is 0 Å². The number of halogens is 1. The topological polar surface area (TPSA) is 30.5 Å². The second-order valence-corrected chi connectivity index (χ2v) is 6.23. The molecular formula is C16H24ClNO2. The van der Waals surface area contributed by atoms with E-state index in [1.54, 1.807) is 7.11 Å². The molecule has 0 saturated carbocycles. The van der Waals surface area contributed by atoms with Gasteiger partial charge in [0.2, 0.25) is 0 Å². The van der Waals surface area contributed by atoms with Crippen LogP contribution < -0.4 is 10.1 Å². The summed E-state index contributed by atoms with van der Waals surface area (Å²) in [6.45, 7) is 7.24. The molecule has 20 heavy (non-hydrogen) atoms. The van der Waals surface area contributed by atoms with Crippen molar-refractivity contribution in [3.63, 3.8) is 0 Å². The Hall–Kier alpha value is -0.930. The lowest BCUT2D eigenvalue weighted by atomic mass is 9.95. The van der Waals surface area contributed by atoms with Crippen LogP contribution in [0.2, 0.25) is 5.02 Å². The predicted octanol–water partition coefficient (Wildman–Crippen LogP) is 4.27. The number of aryl methyl sites for hydroxylation is 1. The van der Waals surface area contributed by atoms with Crippen LogP contribution >= 0.6 is 11.6 Å². The second kappa shape index (κ2) is 6.68. The zero-order valence-corrected chi connectivity index (χ0v) is 13.5. The second-order valence-electron chi connectivity index (χ2n) is 5.82. The number of methoxy groups -OCH3 is 1. The van der Waals surface area contributed by atoms with Gasteiger partial charge in [-0.1, -0.05) is 25.4 Å². The standard InChI is InChI=1S/C16H24ClNO2/c1-10(2)15-8-12(5-6-20-15)18-14-7-11(3)13(17)9-16(14)19-4/h7,9-10,12,15,18H,5-6,8H2,1-4H3. The Labute approximate surface area is 126 Å². The number of nitrogens with one attached hydrogen (secondary N) is 1. The minimum absolute atomic E-state index is 0.334. The van der Waals surface area contributed by atoms with E-state index in [1.807, 2.05) is 13.0 Å². The third kappa shape index (κ3) is 3.58. The van der Waals surface area contributed by atoms with E-state index in [0.717, 1.165) is 41.5 Å². The van der Waals surface area contributed by atoms with Crippen molar-refractivity contribution in [3.05, 3.63) is 22.7 Å². The van der Waals surface area contributed by atoms with Crippen molar-refractivity contribution in [3.8, 4) is 5.75 Å². The summed E-state index contributed by atoms with van der Waals surface area (Å²) >= 11 is 6.14. The van der Waals surface area contributed by atoms with E-state index in [2.05, 4.69) is 25.2 Å². The van der Waals surface area contributed by atoms with Crippen LogP contribution in [0.15, 0.2) is 12.1 Å². The van der Waals surface area contributed by atoms with Crippen LogP contribution in [-0.2, 0) is 4.74 Å². The van der Waals surface area contributed by atoms with Crippen molar-refractivity contribution >= 4 is 17.3 Å². The number of anilines is 1. The minimum Gasteiger partial charge on any atom is -0.495 e. The molecule has 0 aliphatic carbocycles. The molecule has 0 bridgehead atoms. The van der Waals surface area contributed by atoms with Gasteiger partial charge >= 0.3 is 0 Å². The molecule has 1 fully saturated rings. The predicted molar refractivity (Wildman–Crippen MR) is 84.0 cm³/mol. The summed E-state index contributed by atoms with van der Waals surface area (Å²) in [5.74, 6) is 1.35. The summed E-state index contributed by atoms with van der Waals surface area (Å²) in [6.07, 6.45) is 2.39. The van der Waals surface area contributed by atoms with Crippen LogP contribution in [0, 0.1) is 12.8 Å². The molecule has 1 heterocycles. The Bertz CT molecular complexity index is 462. The summed E-state index contributed by atoms with van der Waals surface area (Å²) in [7, 11) is 1.67. The summed E-state index contributed by atoms with van der Waals surface area (Å²) in [6, 6.07) is 4.35. The van der Waals surface area contributed by atoms with Crippen LogP contribution in [-0.4, -0.2) is 25.9 Å². The van der Waals surface area contributed by atoms with Gasteiger partial charge in [-0.15, -0.1) is 0 Å². The molecule has 1 aromatic carbocycles. The van der Waals surface area contributed by atoms with Crippen molar-refractivity contribution in [2.75, 3.05) is 19.0 Å². The number of hydrogen-bond acceptors (Lipinski definition) is 3. The van der Waals surface area contributed by atoms with E-state index in [-0.39, 0.29) is 0 Å². The smallest absolute Gasteiger partial charge is 0.143 e. The molecule has 2 unspecified atom stereocenters. The van der Waals surface area contributed by atoms with Gasteiger partial charge < -0.3 is 14.8 Å². The molecule has 3 nitrogen and oxygen atoms in total. The summed E-state index contributed by atoms with van der Waals surface area (Å²) in [5.41, 5.74) is 2.08. The molecule has 0 spiro atoms. The highest BCUT2D eigenvalue weighted by Gasteiger charge is 2.25. The van der Waals surface area contributed by atoms with E-state index in [4.69, 9.17) is 21.1 Å². The van der Waals surface area contributed by atoms with Gasteiger partial charge in [0.1, 0.15) is 5.75 Å². The maximum atomic E-state index is 6.14. The first-order valence-electron chi connectivity index (χ1n) is 7.23. The monoisotopic (exact) mass is 297 g/mol. The van der Waals surface area contributed by atoms with Crippen molar-refractivity contribution in [1.29, 1.82) is 0 Å². The van der Waals surface area contributed by atoms with Gasteiger partial charge in [-0.3, -0.25) is 0 Å². The maximum Gasteiger partial charge on any atom is 0.143 e. The average molecular weight is 298 g/mol. The third-order valence-corrected chi connectivity index (χ3v) is 4.31. The van der Waals surface area contributed by atoms with E-state index in [0.29, 0.717) is 18.1 Å². The summed E-state index contributed by atoms with van der Waals surface area (Å²) in [4.78, 5) is 0. The number of benzene rings is 1. The van der Waals surface area contributed by atoms with Gasteiger partial charge in [-0.05, 0) is 37.3 Å². The molecule has 0 aromatic heterocycles. The number of hydrogen-bond donors (Lipinski definition) is 1. The van der Waals surface area contributed by atoms with Crippen LogP contribution in [0.25, 0.3) is 0 Å². The maximum absolute atomic E-state index is 6.14. The quantitative estimate of drug-likeness (QED) is 0.900. The molecule has 0 amide bonds. The highest BCUT2D eigenvalue weighted by Crippen LogP contribution is 2.33. The summed E-state index contributed by atoms with van der Waals surface area (Å²) in [5, 5.41) is 4.33. The van der Waals surface area contributed by atoms with Gasteiger partial charge in [-0.2, -0.15) is 0 Å². The Kier molecular flexibility index (Phi) is 5.17. The van der Waals surface area contributed by atoms with Gasteiger partial charge in [0.05, 0.1) is 18.9 Å². The molecule has 0 radical (unpaired) electrons. The molecule has 2 atom stereocenters. The fraction of sp³-hybridized carbons (Fsp3) is 0.625. The molecule has 4 heteroatoms. The normalized spacial score (nSPS) is 22.9. The third-order valence-electron chi connectivity index (χ3n) is 3.90. The van der Waals surface area contributed by atoms with Gasteiger partial charge in [0, 0.05) is 23.7 Å². The van der Waals surface area contributed by atoms with E-state index in [9.17, 15) is 0 Å².